The van der Waals surface area contributed by atoms with Crippen molar-refractivity contribution in [2.75, 3.05) is 19.9 Å². The minimum absolute atomic E-state index is 0.0518. The summed E-state index contributed by atoms with van der Waals surface area (Å²) in [5, 5.41) is 4.43. The molecule has 0 aliphatic carbocycles. The number of likely N-dealkylation sites (tertiary alicyclic amines) is 1. The molecule has 144 valence electrons. The molecule has 1 fully saturated rings. The lowest BCUT2D eigenvalue weighted by molar-refractivity contribution is 0.0550. The number of benzene rings is 1. The SMILES string of the molecule is CCn1cc(C(=O)N2CCC[C@@](C)(Cc3ccc4c(c3)OCO4)C2)c(C)n1. The minimum Gasteiger partial charge on any atom is -0.454 e. The van der Waals surface area contributed by atoms with Crippen LogP contribution in [0.1, 0.15) is 48.3 Å². The van der Waals surface area contributed by atoms with Crippen LogP contribution in [0.5, 0.6) is 11.5 Å². The fourth-order valence-corrected chi connectivity index (χ4v) is 4.24. The van der Waals surface area contributed by atoms with Crippen LogP contribution in [-0.4, -0.2) is 40.5 Å². The average molecular weight is 369 g/mol. The Kier molecular flexibility index (Phi) is 4.58. The highest BCUT2D eigenvalue weighted by Gasteiger charge is 2.34. The second kappa shape index (κ2) is 6.91. The number of carbonyl (C=O) groups is 1. The number of carbonyl (C=O) groups excluding carboxylic acids is 1. The molecule has 3 heterocycles. The standard InChI is InChI=1S/C21H27N3O3/c1-4-24-12-17(15(2)22-24)20(25)23-9-5-8-21(3,13-23)11-16-6-7-18-19(10-16)27-14-26-18/h6-7,10,12H,4-5,8-9,11,13-14H2,1-3H3/t21-/m0/s1. The molecule has 0 radical (unpaired) electrons. The second-order valence-corrected chi connectivity index (χ2v) is 7.99. The van der Waals surface area contributed by atoms with Gasteiger partial charge >= 0.3 is 0 Å². The predicted octanol–water partition coefficient (Wildman–Crippen LogP) is 3.43. The third-order valence-corrected chi connectivity index (χ3v) is 5.64. The van der Waals surface area contributed by atoms with Crippen LogP contribution in [0.2, 0.25) is 0 Å². The summed E-state index contributed by atoms with van der Waals surface area (Å²) in [5.41, 5.74) is 2.82. The monoisotopic (exact) mass is 369 g/mol. The van der Waals surface area contributed by atoms with Gasteiger partial charge < -0.3 is 14.4 Å². The van der Waals surface area contributed by atoms with E-state index < -0.39 is 0 Å². The minimum atomic E-state index is 0.0518. The third kappa shape index (κ3) is 3.53. The summed E-state index contributed by atoms with van der Waals surface area (Å²) in [6.07, 6.45) is 4.92. The molecule has 2 aliphatic heterocycles. The van der Waals surface area contributed by atoms with E-state index in [1.807, 2.05) is 35.7 Å². The predicted molar refractivity (Wildman–Crippen MR) is 102 cm³/mol. The van der Waals surface area contributed by atoms with Gasteiger partial charge in [-0.15, -0.1) is 0 Å². The molecule has 0 bridgehead atoms. The summed E-state index contributed by atoms with van der Waals surface area (Å²) < 4.78 is 12.7. The highest BCUT2D eigenvalue weighted by Crippen LogP contribution is 2.38. The first-order valence-corrected chi connectivity index (χ1v) is 9.69. The zero-order chi connectivity index (χ0) is 19.0. The molecule has 0 spiro atoms. The fraction of sp³-hybridized carbons (Fsp3) is 0.524. The van der Waals surface area contributed by atoms with E-state index in [2.05, 4.69) is 24.2 Å². The Balaban J connectivity index is 1.49. The van der Waals surface area contributed by atoms with E-state index in [1.54, 1.807) is 0 Å². The van der Waals surface area contributed by atoms with Crippen molar-refractivity contribution in [3.63, 3.8) is 0 Å². The molecular weight excluding hydrogens is 342 g/mol. The van der Waals surface area contributed by atoms with Crippen molar-refractivity contribution in [2.24, 2.45) is 5.41 Å². The molecule has 0 saturated carbocycles. The average Bonchev–Trinajstić information content (AvgIpc) is 3.26. The number of nitrogens with zero attached hydrogens (tertiary/aromatic N) is 3. The summed E-state index contributed by atoms with van der Waals surface area (Å²) in [5.74, 6) is 1.74. The van der Waals surface area contributed by atoms with Crippen LogP contribution in [0, 0.1) is 12.3 Å². The highest BCUT2D eigenvalue weighted by molar-refractivity contribution is 5.95. The fourth-order valence-electron chi connectivity index (χ4n) is 4.24. The number of ether oxygens (including phenoxy) is 2. The number of aromatic nitrogens is 2. The van der Waals surface area contributed by atoms with Gasteiger partial charge in [0.15, 0.2) is 11.5 Å². The molecule has 1 saturated heterocycles. The van der Waals surface area contributed by atoms with Crippen LogP contribution in [0.3, 0.4) is 0 Å². The largest absolute Gasteiger partial charge is 0.454 e. The van der Waals surface area contributed by atoms with E-state index in [-0.39, 0.29) is 11.3 Å². The molecular formula is C21H27N3O3. The van der Waals surface area contributed by atoms with Gasteiger partial charge in [0.2, 0.25) is 6.79 Å². The Hall–Kier alpha value is -2.50. The number of hydrogen-bond donors (Lipinski definition) is 0. The van der Waals surface area contributed by atoms with Crippen molar-refractivity contribution in [2.45, 2.75) is 46.6 Å². The van der Waals surface area contributed by atoms with Gasteiger partial charge in [-0.25, -0.2) is 0 Å². The zero-order valence-corrected chi connectivity index (χ0v) is 16.3. The van der Waals surface area contributed by atoms with Crippen LogP contribution < -0.4 is 9.47 Å². The van der Waals surface area contributed by atoms with Crippen LogP contribution in [0.25, 0.3) is 0 Å². The van der Waals surface area contributed by atoms with Crippen LogP contribution >= 0.6 is 0 Å². The van der Waals surface area contributed by atoms with E-state index in [0.717, 1.165) is 61.7 Å². The smallest absolute Gasteiger partial charge is 0.257 e. The lowest BCUT2D eigenvalue weighted by Gasteiger charge is -2.40. The topological polar surface area (TPSA) is 56.6 Å². The molecule has 2 aliphatic rings. The van der Waals surface area contributed by atoms with Crippen LogP contribution in [-0.2, 0) is 13.0 Å². The summed E-state index contributed by atoms with van der Waals surface area (Å²) >= 11 is 0. The summed E-state index contributed by atoms with van der Waals surface area (Å²) in [6, 6.07) is 6.16. The molecule has 2 aromatic rings. The van der Waals surface area contributed by atoms with Crippen molar-refractivity contribution < 1.29 is 14.3 Å². The zero-order valence-electron chi connectivity index (χ0n) is 16.3. The van der Waals surface area contributed by atoms with Gasteiger partial charge in [-0.1, -0.05) is 13.0 Å². The van der Waals surface area contributed by atoms with Crippen molar-refractivity contribution >= 4 is 5.91 Å². The highest BCUT2D eigenvalue weighted by atomic mass is 16.7. The van der Waals surface area contributed by atoms with Gasteiger partial charge in [0.25, 0.3) is 5.91 Å². The Morgan fingerprint density at radius 1 is 1.30 bits per heavy atom. The number of fused-ring (bicyclic) bond motifs is 1. The summed E-state index contributed by atoms with van der Waals surface area (Å²) in [4.78, 5) is 15.1. The van der Waals surface area contributed by atoms with Gasteiger partial charge in [-0.2, -0.15) is 5.10 Å². The van der Waals surface area contributed by atoms with Gasteiger partial charge in [-0.3, -0.25) is 9.48 Å². The summed E-state index contributed by atoms with van der Waals surface area (Å²) in [6.45, 7) is 8.86. The van der Waals surface area contributed by atoms with E-state index in [4.69, 9.17) is 9.47 Å². The van der Waals surface area contributed by atoms with Crippen molar-refractivity contribution in [1.29, 1.82) is 0 Å². The van der Waals surface area contributed by atoms with Crippen molar-refractivity contribution in [3.8, 4) is 11.5 Å². The Morgan fingerprint density at radius 3 is 2.89 bits per heavy atom. The normalized spacial score (nSPS) is 21.5. The molecule has 0 N–H and O–H groups in total. The Morgan fingerprint density at radius 2 is 2.11 bits per heavy atom. The van der Waals surface area contributed by atoms with Crippen LogP contribution in [0.15, 0.2) is 24.4 Å². The molecule has 6 nitrogen and oxygen atoms in total. The molecule has 4 rings (SSSR count). The number of hydrogen-bond acceptors (Lipinski definition) is 4. The molecule has 6 heteroatoms. The van der Waals surface area contributed by atoms with E-state index >= 15 is 0 Å². The molecule has 1 aromatic carbocycles. The van der Waals surface area contributed by atoms with E-state index in [1.165, 1.54) is 5.56 Å². The number of aryl methyl sites for hydroxylation is 2. The summed E-state index contributed by atoms with van der Waals surface area (Å²) in [7, 11) is 0. The van der Waals surface area contributed by atoms with Gasteiger partial charge in [0, 0.05) is 25.8 Å². The molecule has 1 atom stereocenters. The maximum atomic E-state index is 13.1. The second-order valence-electron chi connectivity index (χ2n) is 7.99. The van der Waals surface area contributed by atoms with Gasteiger partial charge in [0.05, 0.1) is 11.3 Å². The van der Waals surface area contributed by atoms with Crippen molar-refractivity contribution in [3.05, 3.63) is 41.2 Å². The molecule has 27 heavy (non-hydrogen) atoms. The first kappa shape index (κ1) is 17.9. The first-order chi connectivity index (χ1) is 13.0. The molecule has 0 unspecified atom stereocenters. The quantitative estimate of drug-likeness (QED) is 0.829. The Labute approximate surface area is 160 Å². The van der Waals surface area contributed by atoms with E-state index in [0.29, 0.717) is 6.79 Å². The third-order valence-electron chi connectivity index (χ3n) is 5.64. The van der Waals surface area contributed by atoms with Gasteiger partial charge in [-0.05, 0) is 56.2 Å². The van der Waals surface area contributed by atoms with Gasteiger partial charge in [0.1, 0.15) is 0 Å². The van der Waals surface area contributed by atoms with E-state index in [9.17, 15) is 4.79 Å². The first-order valence-electron chi connectivity index (χ1n) is 9.69. The number of rotatable bonds is 4. The Bertz CT molecular complexity index is 860. The lowest BCUT2D eigenvalue weighted by atomic mass is 9.76. The molecule has 1 aromatic heterocycles. The van der Waals surface area contributed by atoms with Crippen LogP contribution in [0.4, 0.5) is 0 Å². The number of piperidine rings is 1. The lowest BCUT2D eigenvalue weighted by Crippen LogP contribution is -2.45. The molecule has 1 amide bonds. The van der Waals surface area contributed by atoms with Crippen molar-refractivity contribution in [1.82, 2.24) is 14.7 Å². The maximum Gasteiger partial charge on any atom is 0.257 e. The number of amides is 1. The maximum absolute atomic E-state index is 13.1.